The lowest BCUT2D eigenvalue weighted by atomic mass is 9.80. The lowest BCUT2D eigenvalue weighted by Crippen LogP contribution is -2.34. The Morgan fingerprint density at radius 1 is 1.35 bits per heavy atom. The minimum absolute atomic E-state index is 0.0917. The zero-order valence-corrected chi connectivity index (χ0v) is 10.3. The summed E-state index contributed by atoms with van der Waals surface area (Å²) in [5.41, 5.74) is 0. The van der Waals surface area contributed by atoms with Gasteiger partial charge in [-0.1, -0.05) is 0 Å². The minimum atomic E-state index is -0.639. The monoisotopic (exact) mass is 244 g/mol. The van der Waals surface area contributed by atoms with E-state index in [2.05, 4.69) is 0 Å². The molecule has 0 aromatic rings. The van der Waals surface area contributed by atoms with Crippen molar-refractivity contribution in [2.45, 2.75) is 45.0 Å². The fourth-order valence-corrected chi connectivity index (χ4v) is 2.75. The van der Waals surface area contributed by atoms with Crippen LogP contribution in [0.4, 0.5) is 4.79 Å². The molecule has 0 aromatic heterocycles. The van der Waals surface area contributed by atoms with Gasteiger partial charge in [-0.15, -0.1) is 0 Å². The van der Waals surface area contributed by atoms with Crippen LogP contribution in [-0.2, 0) is 14.2 Å². The average Bonchev–Trinajstić information content (AvgIpc) is 2.84. The molecule has 98 valence electrons. The molecule has 0 spiro atoms. The highest BCUT2D eigenvalue weighted by Crippen LogP contribution is 2.43. The van der Waals surface area contributed by atoms with Gasteiger partial charge in [0.2, 0.25) is 0 Å². The standard InChI is InChI=1S/C12H20O5/c1-7(2)16-12(14)15-6-9-8(5-13)10-3-4-11(9)17-10/h7-11,13H,3-6H2,1-2H3/t8-,9+,10-,11+/m0/s1. The fraction of sp³-hybridized carbons (Fsp3) is 0.917. The third-order valence-corrected chi connectivity index (χ3v) is 3.53. The van der Waals surface area contributed by atoms with Gasteiger partial charge in [0.15, 0.2) is 0 Å². The summed E-state index contributed by atoms with van der Waals surface area (Å²) in [6.07, 6.45) is 1.45. The van der Waals surface area contributed by atoms with E-state index < -0.39 is 6.16 Å². The molecule has 0 radical (unpaired) electrons. The lowest BCUT2D eigenvalue weighted by Gasteiger charge is -2.25. The van der Waals surface area contributed by atoms with E-state index in [1.165, 1.54) is 0 Å². The van der Waals surface area contributed by atoms with Crippen molar-refractivity contribution in [2.24, 2.45) is 11.8 Å². The summed E-state index contributed by atoms with van der Waals surface area (Å²) >= 11 is 0. The summed E-state index contributed by atoms with van der Waals surface area (Å²) in [7, 11) is 0. The number of ether oxygens (including phenoxy) is 3. The van der Waals surface area contributed by atoms with E-state index in [4.69, 9.17) is 14.2 Å². The van der Waals surface area contributed by atoms with Gasteiger partial charge in [0.25, 0.3) is 0 Å². The Morgan fingerprint density at radius 2 is 2.00 bits per heavy atom. The molecule has 0 unspecified atom stereocenters. The van der Waals surface area contributed by atoms with Crippen molar-refractivity contribution in [3.05, 3.63) is 0 Å². The first-order valence-electron chi connectivity index (χ1n) is 6.21. The van der Waals surface area contributed by atoms with Crippen LogP contribution in [-0.4, -0.2) is 42.8 Å². The maximum Gasteiger partial charge on any atom is 0.508 e. The van der Waals surface area contributed by atoms with Gasteiger partial charge >= 0.3 is 6.16 Å². The number of hydrogen-bond donors (Lipinski definition) is 1. The number of carbonyl (C=O) groups is 1. The molecular formula is C12H20O5. The van der Waals surface area contributed by atoms with Crippen LogP contribution in [0.3, 0.4) is 0 Å². The Balaban J connectivity index is 1.80. The third kappa shape index (κ3) is 2.72. The Morgan fingerprint density at radius 3 is 2.59 bits per heavy atom. The van der Waals surface area contributed by atoms with Crippen molar-refractivity contribution in [1.29, 1.82) is 0 Å². The van der Waals surface area contributed by atoms with Crippen LogP contribution in [0.5, 0.6) is 0 Å². The van der Waals surface area contributed by atoms with Crippen molar-refractivity contribution in [3.63, 3.8) is 0 Å². The molecule has 2 fully saturated rings. The van der Waals surface area contributed by atoms with Crippen molar-refractivity contribution in [2.75, 3.05) is 13.2 Å². The number of fused-ring (bicyclic) bond motifs is 2. The summed E-state index contributed by atoms with van der Waals surface area (Å²) in [4.78, 5) is 11.3. The van der Waals surface area contributed by atoms with E-state index >= 15 is 0 Å². The molecule has 2 saturated heterocycles. The molecule has 1 N–H and O–H groups in total. The first kappa shape index (κ1) is 12.6. The maximum absolute atomic E-state index is 11.3. The van der Waals surface area contributed by atoms with Gasteiger partial charge in [0.1, 0.15) is 6.61 Å². The molecule has 0 saturated carbocycles. The maximum atomic E-state index is 11.3. The van der Waals surface area contributed by atoms with Gasteiger partial charge in [0, 0.05) is 18.4 Å². The van der Waals surface area contributed by atoms with Crippen molar-refractivity contribution < 1.29 is 24.1 Å². The second kappa shape index (κ2) is 5.23. The molecule has 2 heterocycles. The number of aliphatic hydroxyl groups excluding tert-OH is 1. The van der Waals surface area contributed by atoms with Gasteiger partial charge in [-0.05, 0) is 26.7 Å². The largest absolute Gasteiger partial charge is 0.508 e. The van der Waals surface area contributed by atoms with E-state index in [9.17, 15) is 9.90 Å². The molecule has 2 bridgehead atoms. The van der Waals surface area contributed by atoms with Crippen LogP contribution in [0.25, 0.3) is 0 Å². The van der Waals surface area contributed by atoms with Crippen LogP contribution >= 0.6 is 0 Å². The summed E-state index contributed by atoms with van der Waals surface area (Å²) < 4.78 is 15.7. The van der Waals surface area contributed by atoms with Gasteiger partial charge in [-0.25, -0.2) is 4.79 Å². The van der Waals surface area contributed by atoms with Gasteiger partial charge in [0.05, 0.1) is 18.3 Å². The summed E-state index contributed by atoms with van der Waals surface area (Å²) in [5, 5.41) is 9.32. The highest BCUT2D eigenvalue weighted by Gasteiger charge is 2.49. The van der Waals surface area contributed by atoms with Gasteiger partial charge < -0.3 is 19.3 Å². The van der Waals surface area contributed by atoms with E-state index in [0.717, 1.165) is 12.8 Å². The zero-order chi connectivity index (χ0) is 12.4. The smallest absolute Gasteiger partial charge is 0.434 e. The van der Waals surface area contributed by atoms with E-state index in [1.807, 2.05) is 0 Å². The van der Waals surface area contributed by atoms with Crippen LogP contribution < -0.4 is 0 Å². The average molecular weight is 244 g/mol. The molecular weight excluding hydrogens is 224 g/mol. The molecule has 0 aromatic carbocycles. The third-order valence-electron chi connectivity index (χ3n) is 3.53. The second-order valence-electron chi connectivity index (χ2n) is 5.03. The van der Waals surface area contributed by atoms with Crippen LogP contribution in [0.2, 0.25) is 0 Å². The Bertz CT molecular complexity index is 278. The predicted molar refractivity (Wildman–Crippen MR) is 59.5 cm³/mol. The first-order chi connectivity index (χ1) is 8.11. The normalized spacial score (nSPS) is 35.3. The predicted octanol–water partition coefficient (Wildman–Crippen LogP) is 1.33. The van der Waals surface area contributed by atoms with Crippen LogP contribution in [0, 0.1) is 11.8 Å². The summed E-state index contributed by atoms with van der Waals surface area (Å²) in [6.45, 7) is 3.92. The molecule has 5 heteroatoms. The Labute approximate surface area is 101 Å². The Hall–Kier alpha value is -0.810. The number of rotatable bonds is 4. The number of aliphatic hydroxyl groups is 1. The molecule has 17 heavy (non-hydrogen) atoms. The molecule has 2 rings (SSSR count). The molecule has 5 nitrogen and oxygen atoms in total. The molecule has 2 aliphatic rings. The van der Waals surface area contributed by atoms with E-state index in [1.54, 1.807) is 13.8 Å². The molecule has 2 aliphatic heterocycles. The highest BCUT2D eigenvalue weighted by molar-refractivity contribution is 5.60. The minimum Gasteiger partial charge on any atom is -0.434 e. The van der Waals surface area contributed by atoms with E-state index in [-0.39, 0.29) is 43.4 Å². The summed E-state index contributed by atoms with van der Waals surface area (Å²) in [5.74, 6) is 0.207. The fourth-order valence-electron chi connectivity index (χ4n) is 2.75. The van der Waals surface area contributed by atoms with Gasteiger partial charge in [-0.3, -0.25) is 0 Å². The number of carbonyl (C=O) groups excluding carboxylic acids is 1. The first-order valence-corrected chi connectivity index (χ1v) is 6.21. The Kier molecular flexibility index (Phi) is 3.89. The SMILES string of the molecule is CC(C)OC(=O)OC[C@@H]1[C@H](CO)[C@@H]2CC[C@H]1O2. The van der Waals surface area contributed by atoms with Gasteiger partial charge in [-0.2, -0.15) is 0 Å². The molecule has 0 amide bonds. The van der Waals surface area contributed by atoms with Crippen molar-refractivity contribution >= 4 is 6.16 Å². The van der Waals surface area contributed by atoms with Crippen molar-refractivity contribution in [1.82, 2.24) is 0 Å². The quantitative estimate of drug-likeness (QED) is 0.756. The summed E-state index contributed by atoms with van der Waals surface area (Å²) in [6, 6.07) is 0. The lowest BCUT2D eigenvalue weighted by molar-refractivity contribution is 0.0102. The van der Waals surface area contributed by atoms with Crippen LogP contribution in [0.15, 0.2) is 0 Å². The van der Waals surface area contributed by atoms with Crippen LogP contribution in [0.1, 0.15) is 26.7 Å². The topological polar surface area (TPSA) is 65.0 Å². The highest BCUT2D eigenvalue weighted by atomic mass is 16.7. The zero-order valence-electron chi connectivity index (χ0n) is 10.3. The molecule has 4 atom stereocenters. The molecule has 0 aliphatic carbocycles. The second-order valence-corrected chi connectivity index (χ2v) is 5.03. The number of hydrogen-bond acceptors (Lipinski definition) is 5. The van der Waals surface area contributed by atoms with E-state index in [0.29, 0.717) is 0 Å². The van der Waals surface area contributed by atoms with Crippen molar-refractivity contribution in [3.8, 4) is 0 Å².